The van der Waals surface area contributed by atoms with E-state index in [4.69, 9.17) is 14.6 Å². The van der Waals surface area contributed by atoms with Crippen molar-refractivity contribution >= 4 is 0 Å². The topological polar surface area (TPSA) is 58.9 Å². The van der Waals surface area contributed by atoms with Crippen LogP contribution in [0.25, 0.3) is 0 Å². The molecule has 1 atom stereocenters. The van der Waals surface area contributed by atoms with Crippen LogP contribution in [0.2, 0.25) is 0 Å². The van der Waals surface area contributed by atoms with Gasteiger partial charge in [0.15, 0.2) is 11.6 Å². The van der Waals surface area contributed by atoms with Crippen molar-refractivity contribution in [3.05, 3.63) is 29.6 Å². The minimum absolute atomic E-state index is 0.0149. The van der Waals surface area contributed by atoms with Crippen LogP contribution >= 0.6 is 0 Å². The lowest BCUT2D eigenvalue weighted by Crippen LogP contribution is -2.25. The Bertz CT molecular complexity index is 368. The van der Waals surface area contributed by atoms with Gasteiger partial charge in [0.1, 0.15) is 12.7 Å². The summed E-state index contributed by atoms with van der Waals surface area (Å²) < 4.78 is 23.8. The molecule has 1 unspecified atom stereocenters. The monoisotopic (exact) mass is 258 g/mol. The van der Waals surface area contributed by atoms with Crippen LogP contribution < -0.4 is 4.74 Å². The van der Waals surface area contributed by atoms with E-state index in [1.165, 1.54) is 12.1 Å². The van der Waals surface area contributed by atoms with Crippen LogP contribution in [-0.4, -0.2) is 35.6 Å². The van der Waals surface area contributed by atoms with E-state index in [9.17, 15) is 9.50 Å². The quantitative estimate of drug-likeness (QED) is 0.778. The van der Waals surface area contributed by atoms with Gasteiger partial charge in [-0.05, 0) is 19.9 Å². The van der Waals surface area contributed by atoms with Gasteiger partial charge in [0.05, 0.1) is 19.3 Å². The molecule has 1 aromatic carbocycles. The lowest BCUT2D eigenvalue weighted by Gasteiger charge is -2.16. The van der Waals surface area contributed by atoms with Crippen LogP contribution in [0.3, 0.4) is 0 Å². The summed E-state index contributed by atoms with van der Waals surface area (Å²) in [4.78, 5) is 0. The second kappa shape index (κ2) is 7.31. The second-order valence-corrected chi connectivity index (χ2v) is 4.23. The maximum Gasteiger partial charge on any atom is 0.165 e. The number of para-hydroxylation sites is 1. The van der Waals surface area contributed by atoms with Crippen molar-refractivity contribution in [2.75, 3.05) is 13.2 Å². The molecule has 0 saturated carbocycles. The molecule has 1 aromatic rings. The highest BCUT2D eigenvalue weighted by molar-refractivity contribution is 5.34. The van der Waals surface area contributed by atoms with Gasteiger partial charge in [-0.25, -0.2) is 4.39 Å². The number of benzene rings is 1. The minimum atomic E-state index is -0.835. The van der Waals surface area contributed by atoms with Gasteiger partial charge in [-0.15, -0.1) is 0 Å². The van der Waals surface area contributed by atoms with Crippen LogP contribution in [0, 0.1) is 5.82 Å². The fourth-order valence-corrected chi connectivity index (χ4v) is 1.37. The summed E-state index contributed by atoms with van der Waals surface area (Å²) in [6.07, 6.45) is -0.820. The number of halogens is 1. The SMILES string of the molecule is CC(C)OCC(O)COc1c(F)cccc1CO. The van der Waals surface area contributed by atoms with Crippen LogP contribution in [0.4, 0.5) is 4.39 Å². The molecule has 0 heterocycles. The molecule has 0 radical (unpaired) electrons. The van der Waals surface area contributed by atoms with E-state index in [2.05, 4.69) is 0 Å². The zero-order chi connectivity index (χ0) is 13.5. The Labute approximate surface area is 106 Å². The molecule has 0 aromatic heterocycles. The van der Waals surface area contributed by atoms with Gasteiger partial charge in [0, 0.05) is 5.56 Å². The summed E-state index contributed by atoms with van der Waals surface area (Å²) >= 11 is 0. The highest BCUT2D eigenvalue weighted by Gasteiger charge is 2.12. The molecule has 18 heavy (non-hydrogen) atoms. The molecule has 0 fully saturated rings. The van der Waals surface area contributed by atoms with E-state index >= 15 is 0 Å². The van der Waals surface area contributed by atoms with Gasteiger partial charge in [0.25, 0.3) is 0 Å². The number of aliphatic hydroxyl groups is 2. The molecule has 0 bridgehead atoms. The summed E-state index contributed by atoms with van der Waals surface area (Å²) in [7, 11) is 0. The molecular formula is C13H19FO4. The highest BCUT2D eigenvalue weighted by atomic mass is 19.1. The molecule has 5 heteroatoms. The summed E-state index contributed by atoms with van der Waals surface area (Å²) in [5, 5.41) is 18.6. The molecule has 0 aliphatic carbocycles. The molecule has 2 N–H and O–H groups in total. The third-order valence-electron chi connectivity index (χ3n) is 2.26. The van der Waals surface area contributed by atoms with E-state index < -0.39 is 11.9 Å². The Morgan fingerprint density at radius 3 is 2.61 bits per heavy atom. The van der Waals surface area contributed by atoms with Crippen LogP contribution in [-0.2, 0) is 11.3 Å². The first-order valence-electron chi connectivity index (χ1n) is 5.85. The van der Waals surface area contributed by atoms with Gasteiger partial charge in [-0.3, -0.25) is 0 Å². The Balaban J connectivity index is 2.52. The number of ether oxygens (including phenoxy) is 2. The number of hydrogen-bond donors (Lipinski definition) is 2. The standard InChI is InChI=1S/C13H19FO4/c1-9(2)17-7-11(16)8-18-13-10(6-15)4-3-5-12(13)14/h3-5,9,11,15-16H,6-8H2,1-2H3. The molecule has 0 spiro atoms. The van der Waals surface area contributed by atoms with Crippen molar-refractivity contribution in [2.45, 2.75) is 32.7 Å². The van der Waals surface area contributed by atoms with Crippen molar-refractivity contribution < 1.29 is 24.1 Å². The predicted molar refractivity (Wildman–Crippen MR) is 64.9 cm³/mol. The Kier molecular flexibility index (Phi) is 6.04. The van der Waals surface area contributed by atoms with E-state index in [1.807, 2.05) is 13.8 Å². The van der Waals surface area contributed by atoms with Gasteiger partial charge >= 0.3 is 0 Å². The van der Waals surface area contributed by atoms with Crippen molar-refractivity contribution in [1.29, 1.82) is 0 Å². The van der Waals surface area contributed by atoms with Gasteiger partial charge in [-0.2, -0.15) is 0 Å². The summed E-state index contributed by atoms with van der Waals surface area (Å²) in [6, 6.07) is 4.30. The smallest absolute Gasteiger partial charge is 0.165 e. The van der Waals surface area contributed by atoms with Gasteiger partial charge < -0.3 is 19.7 Å². The zero-order valence-corrected chi connectivity index (χ0v) is 10.6. The third kappa shape index (κ3) is 4.60. The minimum Gasteiger partial charge on any atom is -0.487 e. The Morgan fingerprint density at radius 2 is 2.00 bits per heavy atom. The fourth-order valence-electron chi connectivity index (χ4n) is 1.37. The van der Waals surface area contributed by atoms with Crippen molar-refractivity contribution in [1.82, 2.24) is 0 Å². The Morgan fingerprint density at radius 1 is 1.28 bits per heavy atom. The summed E-state index contributed by atoms with van der Waals surface area (Å²) in [5.74, 6) is -0.581. The molecule has 102 valence electrons. The first-order valence-corrected chi connectivity index (χ1v) is 5.85. The molecule has 0 amide bonds. The van der Waals surface area contributed by atoms with E-state index in [-0.39, 0.29) is 31.7 Å². The average molecular weight is 258 g/mol. The normalized spacial score (nSPS) is 12.8. The molecule has 0 aliphatic heterocycles. The Hall–Kier alpha value is -1.17. The molecule has 0 aliphatic rings. The van der Waals surface area contributed by atoms with Crippen LogP contribution in [0.5, 0.6) is 5.75 Å². The second-order valence-electron chi connectivity index (χ2n) is 4.23. The number of hydrogen-bond acceptors (Lipinski definition) is 4. The van der Waals surface area contributed by atoms with E-state index in [1.54, 1.807) is 6.07 Å². The fraction of sp³-hybridized carbons (Fsp3) is 0.538. The zero-order valence-electron chi connectivity index (χ0n) is 10.6. The van der Waals surface area contributed by atoms with Crippen LogP contribution in [0.1, 0.15) is 19.4 Å². The van der Waals surface area contributed by atoms with Crippen LogP contribution in [0.15, 0.2) is 18.2 Å². The number of rotatable bonds is 7. The van der Waals surface area contributed by atoms with Gasteiger partial charge in [-0.1, -0.05) is 12.1 Å². The summed E-state index contributed by atoms with van der Waals surface area (Å²) in [5.41, 5.74) is 0.354. The lowest BCUT2D eigenvalue weighted by molar-refractivity contribution is -0.0130. The third-order valence-corrected chi connectivity index (χ3v) is 2.26. The van der Waals surface area contributed by atoms with Crippen molar-refractivity contribution in [3.8, 4) is 5.75 Å². The molecule has 0 saturated heterocycles. The molecule has 1 rings (SSSR count). The van der Waals surface area contributed by atoms with E-state index in [0.717, 1.165) is 0 Å². The first-order chi connectivity index (χ1) is 8.54. The maximum atomic E-state index is 13.5. The van der Waals surface area contributed by atoms with Gasteiger partial charge in [0.2, 0.25) is 0 Å². The van der Waals surface area contributed by atoms with Crippen molar-refractivity contribution in [2.24, 2.45) is 0 Å². The predicted octanol–water partition coefficient (Wildman–Crippen LogP) is 1.48. The highest BCUT2D eigenvalue weighted by Crippen LogP contribution is 2.22. The molecular weight excluding hydrogens is 239 g/mol. The van der Waals surface area contributed by atoms with Crippen molar-refractivity contribution in [3.63, 3.8) is 0 Å². The number of aliphatic hydroxyl groups excluding tert-OH is 2. The van der Waals surface area contributed by atoms with E-state index in [0.29, 0.717) is 5.56 Å². The summed E-state index contributed by atoms with van der Waals surface area (Å²) in [6.45, 7) is 3.44. The lowest BCUT2D eigenvalue weighted by atomic mass is 10.2. The molecule has 4 nitrogen and oxygen atoms in total. The first kappa shape index (κ1) is 14.9. The maximum absolute atomic E-state index is 13.5. The average Bonchev–Trinajstić information content (AvgIpc) is 2.34. The largest absolute Gasteiger partial charge is 0.487 e.